The Morgan fingerprint density at radius 2 is 2.05 bits per heavy atom. The van der Waals surface area contributed by atoms with Crippen LogP contribution >= 0.6 is 0 Å². The van der Waals surface area contributed by atoms with Crippen LogP contribution in [0.5, 0.6) is 0 Å². The molecule has 0 saturated heterocycles. The van der Waals surface area contributed by atoms with Gasteiger partial charge in [-0.05, 0) is 24.5 Å². The van der Waals surface area contributed by atoms with Gasteiger partial charge in [-0.15, -0.1) is 0 Å². The van der Waals surface area contributed by atoms with Crippen LogP contribution in [0.3, 0.4) is 0 Å². The maximum Gasteiger partial charge on any atom is 0.326 e. The second kappa shape index (κ2) is 6.97. The van der Waals surface area contributed by atoms with Crippen LogP contribution < -0.4 is 16.3 Å². The average Bonchev–Trinajstić information content (AvgIpc) is 2.77. The maximum absolute atomic E-state index is 11.9. The Labute approximate surface area is 123 Å². The topological polar surface area (TPSA) is 78.9 Å². The number of aromatic amines is 1. The molecule has 3 N–H and O–H groups in total. The average molecular weight is 290 g/mol. The van der Waals surface area contributed by atoms with Crippen molar-refractivity contribution >= 4 is 17.1 Å². The van der Waals surface area contributed by atoms with Crippen LogP contribution in [0.15, 0.2) is 29.1 Å². The third kappa shape index (κ3) is 4.11. The predicted octanol–water partition coefficient (Wildman–Crippen LogP) is 1.67. The molecule has 0 radical (unpaired) electrons. The number of urea groups is 1. The lowest BCUT2D eigenvalue weighted by Crippen LogP contribution is -2.38. The Hall–Kier alpha value is -2.24. The van der Waals surface area contributed by atoms with Crippen molar-refractivity contribution in [3.05, 3.63) is 34.7 Å². The van der Waals surface area contributed by atoms with Gasteiger partial charge in [-0.1, -0.05) is 26.0 Å². The summed E-state index contributed by atoms with van der Waals surface area (Å²) in [6.45, 7) is 5.87. The molecule has 2 amide bonds. The first-order valence-corrected chi connectivity index (χ1v) is 7.27. The first kappa shape index (κ1) is 15.2. The maximum atomic E-state index is 11.9. The van der Waals surface area contributed by atoms with Crippen LogP contribution in [0.4, 0.5) is 4.79 Å². The molecule has 0 aliphatic carbocycles. The van der Waals surface area contributed by atoms with E-state index in [2.05, 4.69) is 15.6 Å². The summed E-state index contributed by atoms with van der Waals surface area (Å²) >= 11 is 0. The molecule has 0 aliphatic rings. The molecular formula is C15H22N4O2. The van der Waals surface area contributed by atoms with E-state index in [1.54, 1.807) is 4.57 Å². The predicted molar refractivity (Wildman–Crippen MR) is 83.4 cm³/mol. The first-order chi connectivity index (χ1) is 10.1. The molecule has 0 bridgehead atoms. The van der Waals surface area contributed by atoms with Crippen LogP contribution in [0.25, 0.3) is 11.0 Å². The number of hydrogen-bond donors (Lipinski definition) is 3. The number of carbonyl (C=O) groups excluding carboxylic acids is 1. The molecule has 1 aromatic heterocycles. The Morgan fingerprint density at radius 3 is 2.81 bits per heavy atom. The minimum absolute atomic E-state index is 0.111. The van der Waals surface area contributed by atoms with Crippen molar-refractivity contribution in [2.24, 2.45) is 5.92 Å². The molecule has 6 heteroatoms. The standard InChI is InChI=1S/C15H22N4O2/c1-11(2)10-17-14(20)16-8-5-9-19-13-7-4-3-6-12(13)18-15(19)21/h3-4,6-7,11H,5,8-10H2,1-2H3,(H,18,21)(H2,16,17,20). The van der Waals surface area contributed by atoms with Crippen LogP contribution in [0, 0.1) is 5.92 Å². The number of nitrogens with one attached hydrogen (secondary N) is 3. The smallest absolute Gasteiger partial charge is 0.326 e. The molecule has 2 aromatic rings. The monoisotopic (exact) mass is 290 g/mol. The van der Waals surface area contributed by atoms with Gasteiger partial charge < -0.3 is 15.6 Å². The van der Waals surface area contributed by atoms with Crippen molar-refractivity contribution in [1.29, 1.82) is 0 Å². The molecular weight excluding hydrogens is 268 g/mol. The number of imidazole rings is 1. The summed E-state index contributed by atoms with van der Waals surface area (Å²) in [5.74, 6) is 0.431. The fourth-order valence-electron chi connectivity index (χ4n) is 2.13. The van der Waals surface area contributed by atoms with E-state index in [9.17, 15) is 9.59 Å². The molecule has 114 valence electrons. The molecule has 0 spiro atoms. The number of para-hydroxylation sites is 2. The van der Waals surface area contributed by atoms with Gasteiger partial charge in [0.15, 0.2) is 0 Å². The molecule has 6 nitrogen and oxygen atoms in total. The highest BCUT2D eigenvalue weighted by Gasteiger charge is 2.05. The first-order valence-electron chi connectivity index (χ1n) is 7.27. The number of aromatic nitrogens is 2. The number of H-pyrrole nitrogens is 1. The van der Waals surface area contributed by atoms with Crippen LogP contribution in [-0.4, -0.2) is 28.7 Å². The zero-order valence-electron chi connectivity index (χ0n) is 12.5. The number of rotatable bonds is 6. The number of amides is 2. The van der Waals surface area contributed by atoms with Crippen molar-refractivity contribution in [1.82, 2.24) is 20.2 Å². The number of aryl methyl sites for hydroxylation is 1. The minimum Gasteiger partial charge on any atom is -0.338 e. The Bertz CT molecular complexity index is 657. The summed E-state index contributed by atoms with van der Waals surface area (Å²) in [5, 5.41) is 5.58. The van der Waals surface area contributed by atoms with Gasteiger partial charge in [0, 0.05) is 19.6 Å². The van der Waals surface area contributed by atoms with E-state index in [0.29, 0.717) is 32.0 Å². The Morgan fingerprint density at radius 1 is 1.29 bits per heavy atom. The number of nitrogens with zero attached hydrogens (tertiary/aromatic N) is 1. The van der Waals surface area contributed by atoms with Gasteiger partial charge in [0.25, 0.3) is 0 Å². The van der Waals surface area contributed by atoms with Gasteiger partial charge in [-0.25, -0.2) is 9.59 Å². The molecule has 2 rings (SSSR count). The molecule has 1 heterocycles. The van der Waals surface area contributed by atoms with E-state index in [-0.39, 0.29) is 11.7 Å². The zero-order chi connectivity index (χ0) is 15.2. The molecule has 0 atom stereocenters. The lowest BCUT2D eigenvalue weighted by atomic mass is 10.2. The highest BCUT2D eigenvalue weighted by Crippen LogP contribution is 2.08. The number of fused-ring (bicyclic) bond motifs is 1. The molecule has 1 aromatic carbocycles. The lowest BCUT2D eigenvalue weighted by molar-refractivity contribution is 0.239. The summed E-state index contributed by atoms with van der Waals surface area (Å²) < 4.78 is 1.70. The zero-order valence-corrected chi connectivity index (χ0v) is 12.5. The second-order valence-electron chi connectivity index (χ2n) is 5.48. The number of carbonyl (C=O) groups is 1. The molecule has 0 unspecified atom stereocenters. The highest BCUT2D eigenvalue weighted by atomic mass is 16.2. The van der Waals surface area contributed by atoms with E-state index in [4.69, 9.17) is 0 Å². The fourth-order valence-corrected chi connectivity index (χ4v) is 2.13. The largest absolute Gasteiger partial charge is 0.338 e. The molecule has 21 heavy (non-hydrogen) atoms. The number of hydrogen-bond acceptors (Lipinski definition) is 2. The van der Waals surface area contributed by atoms with Crippen molar-refractivity contribution in [2.75, 3.05) is 13.1 Å². The Kier molecular flexibility index (Phi) is 5.03. The van der Waals surface area contributed by atoms with Crippen LogP contribution in [-0.2, 0) is 6.54 Å². The van der Waals surface area contributed by atoms with Crippen molar-refractivity contribution < 1.29 is 4.79 Å². The summed E-state index contributed by atoms with van der Waals surface area (Å²) in [6.07, 6.45) is 0.705. The van der Waals surface area contributed by atoms with Gasteiger partial charge in [-0.2, -0.15) is 0 Å². The van der Waals surface area contributed by atoms with Gasteiger partial charge in [0.2, 0.25) is 0 Å². The van der Waals surface area contributed by atoms with Crippen molar-refractivity contribution in [3.8, 4) is 0 Å². The van der Waals surface area contributed by atoms with Gasteiger partial charge >= 0.3 is 11.7 Å². The van der Waals surface area contributed by atoms with Gasteiger partial charge in [0.1, 0.15) is 0 Å². The lowest BCUT2D eigenvalue weighted by Gasteiger charge is -2.09. The highest BCUT2D eigenvalue weighted by molar-refractivity contribution is 5.75. The fraction of sp³-hybridized carbons (Fsp3) is 0.467. The molecule has 0 saturated carbocycles. The third-order valence-electron chi connectivity index (χ3n) is 3.20. The number of benzene rings is 1. The van der Waals surface area contributed by atoms with E-state index in [1.807, 2.05) is 38.1 Å². The van der Waals surface area contributed by atoms with E-state index in [0.717, 1.165) is 11.0 Å². The van der Waals surface area contributed by atoms with Gasteiger partial charge in [0.05, 0.1) is 11.0 Å². The van der Waals surface area contributed by atoms with E-state index in [1.165, 1.54) is 0 Å². The summed E-state index contributed by atoms with van der Waals surface area (Å²) in [5.41, 5.74) is 1.62. The SMILES string of the molecule is CC(C)CNC(=O)NCCCn1c(=O)[nH]c2ccccc21. The normalized spacial score (nSPS) is 11.0. The van der Waals surface area contributed by atoms with Crippen LogP contribution in [0.1, 0.15) is 20.3 Å². The van der Waals surface area contributed by atoms with Crippen molar-refractivity contribution in [2.45, 2.75) is 26.8 Å². The van der Waals surface area contributed by atoms with Crippen LogP contribution in [0.2, 0.25) is 0 Å². The molecule has 0 aliphatic heterocycles. The second-order valence-corrected chi connectivity index (χ2v) is 5.48. The third-order valence-corrected chi connectivity index (χ3v) is 3.20. The summed E-state index contributed by atoms with van der Waals surface area (Å²) in [6, 6.07) is 7.43. The quantitative estimate of drug-likeness (QED) is 0.708. The van der Waals surface area contributed by atoms with E-state index >= 15 is 0 Å². The molecule has 0 fully saturated rings. The summed E-state index contributed by atoms with van der Waals surface area (Å²) in [4.78, 5) is 26.2. The Balaban J connectivity index is 1.82. The summed E-state index contributed by atoms with van der Waals surface area (Å²) in [7, 11) is 0. The van der Waals surface area contributed by atoms with Crippen molar-refractivity contribution in [3.63, 3.8) is 0 Å². The van der Waals surface area contributed by atoms with E-state index < -0.39 is 0 Å². The minimum atomic E-state index is -0.157. The van der Waals surface area contributed by atoms with Gasteiger partial charge in [-0.3, -0.25) is 4.57 Å².